The summed E-state index contributed by atoms with van der Waals surface area (Å²) < 4.78 is 13.7. The third-order valence-corrected chi connectivity index (χ3v) is 5.07. The SMILES string of the molecule is Fc1cc(Cl)ccc1NC1=NC2CCCCC2CS1. The van der Waals surface area contributed by atoms with Gasteiger partial charge in [-0.15, -0.1) is 0 Å². The minimum absolute atomic E-state index is 0.332. The molecule has 0 saturated heterocycles. The second-order valence-corrected chi connectivity index (χ2v) is 6.55. The van der Waals surface area contributed by atoms with E-state index in [0.29, 0.717) is 22.7 Å². The van der Waals surface area contributed by atoms with Gasteiger partial charge in [0.25, 0.3) is 0 Å². The second kappa shape index (κ2) is 5.71. The van der Waals surface area contributed by atoms with E-state index in [9.17, 15) is 4.39 Å². The van der Waals surface area contributed by atoms with Crippen molar-refractivity contribution in [3.63, 3.8) is 0 Å². The van der Waals surface area contributed by atoms with Crippen molar-refractivity contribution >= 4 is 34.2 Å². The second-order valence-electron chi connectivity index (χ2n) is 5.11. The van der Waals surface area contributed by atoms with Crippen LogP contribution in [-0.4, -0.2) is 17.0 Å². The zero-order valence-corrected chi connectivity index (χ0v) is 12.1. The van der Waals surface area contributed by atoms with Crippen LogP contribution in [-0.2, 0) is 0 Å². The van der Waals surface area contributed by atoms with E-state index in [4.69, 9.17) is 16.6 Å². The lowest BCUT2D eigenvalue weighted by Crippen LogP contribution is -2.31. The van der Waals surface area contributed by atoms with Crippen LogP contribution in [0.4, 0.5) is 10.1 Å². The minimum Gasteiger partial charge on any atom is -0.333 e. The van der Waals surface area contributed by atoms with Crippen LogP contribution in [0.1, 0.15) is 25.7 Å². The number of halogens is 2. The maximum Gasteiger partial charge on any atom is 0.161 e. The molecule has 1 N–H and O–H groups in total. The molecule has 3 rings (SSSR count). The molecule has 1 saturated carbocycles. The molecule has 1 heterocycles. The fourth-order valence-corrected chi connectivity index (χ4v) is 4.01. The van der Waals surface area contributed by atoms with Crippen molar-refractivity contribution in [3.8, 4) is 0 Å². The first-order chi connectivity index (χ1) is 9.22. The van der Waals surface area contributed by atoms with Gasteiger partial charge in [-0.25, -0.2) is 4.39 Å². The summed E-state index contributed by atoms with van der Waals surface area (Å²) >= 11 is 7.44. The average Bonchev–Trinajstić information content (AvgIpc) is 2.42. The third-order valence-electron chi connectivity index (χ3n) is 3.76. The molecule has 0 amide bonds. The highest BCUT2D eigenvalue weighted by Crippen LogP contribution is 2.34. The fourth-order valence-electron chi connectivity index (χ4n) is 2.70. The van der Waals surface area contributed by atoms with Crippen molar-refractivity contribution in [1.82, 2.24) is 0 Å². The normalized spacial score (nSPS) is 26.5. The number of anilines is 1. The van der Waals surface area contributed by atoms with Gasteiger partial charge in [0.05, 0.1) is 11.7 Å². The Morgan fingerprint density at radius 1 is 1.32 bits per heavy atom. The Kier molecular flexibility index (Phi) is 3.99. The topological polar surface area (TPSA) is 24.4 Å². The predicted octanol–water partition coefficient (Wildman–Crippen LogP) is 4.55. The summed E-state index contributed by atoms with van der Waals surface area (Å²) in [6.45, 7) is 0. The highest BCUT2D eigenvalue weighted by atomic mass is 35.5. The largest absolute Gasteiger partial charge is 0.333 e. The molecule has 2 atom stereocenters. The van der Waals surface area contributed by atoms with Crippen LogP contribution >= 0.6 is 23.4 Å². The number of nitrogens with one attached hydrogen (secondary N) is 1. The number of fused-ring (bicyclic) bond motifs is 1. The summed E-state index contributed by atoms with van der Waals surface area (Å²) in [6, 6.07) is 5.09. The molecule has 1 fully saturated rings. The highest BCUT2D eigenvalue weighted by molar-refractivity contribution is 8.14. The first-order valence-electron chi connectivity index (χ1n) is 6.65. The summed E-state index contributed by atoms with van der Waals surface area (Å²) in [4.78, 5) is 4.73. The molecule has 19 heavy (non-hydrogen) atoms. The Balaban J connectivity index is 1.74. The molecule has 1 aromatic rings. The molecule has 0 aromatic heterocycles. The van der Waals surface area contributed by atoms with Crippen molar-refractivity contribution in [2.24, 2.45) is 10.9 Å². The molecule has 0 radical (unpaired) electrons. The molecule has 1 aliphatic heterocycles. The van der Waals surface area contributed by atoms with Crippen LogP contribution in [0.3, 0.4) is 0 Å². The van der Waals surface area contributed by atoms with E-state index >= 15 is 0 Å². The number of aliphatic imine (C=N–C) groups is 1. The molecule has 2 nitrogen and oxygen atoms in total. The smallest absolute Gasteiger partial charge is 0.161 e. The summed E-state index contributed by atoms with van der Waals surface area (Å²) in [5, 5.41) is 4.34. The van der Waals surface area contributed by atoms with Gasteiger partial charge < -0.3 is 5.32 Å². The summed E-state index contributed by atoms with van der Waals surface area (Å²) in [6.07, 6.45) is 5.03. The molecule has 0 bridgehead atoms. The van der Waals surface area contributed by atoms with Crippen LogP contribution in [0.5, 0.6) is 0 Å². The molecule has 1 aromatic carbocycles. The van der Waals surface area contributed by atoms with E-state index in [1.54, 1.807) is 23.9 Å². The predicted molar refractivity (Wildman–Crippen MR) is 80.7 cm³/mol. The van der Waals surface area contributed by atoms with E-state index in [1.165, 1.54) is 31.7 Å². The fraction of sp³-hybridized carbons (Fsp3) is 0.500. The molecule has 1 aliphatic carbocycles. The Morgan fingerprint density at radius 2 is 2.16 bits per heavy atom. The van der Waals surface area contributed by atoms with Gasteiger partial charge in [0.1, 0.15) is 5.82 Å². The standard InChI is InChI=1S/C14H16ClFN2S/c15-10-5-6-13(11(16)7-10)18-14-17-12-4-2-1-3-9(12)8-19-14/h5-7,9,12H,1-4,8H2,(H,17,18). The molecule has 102 valence electrons. The van der Waals surface area contributed by atoms with Crippen molar-refractivity contribution in [2.45, 2.75) is 31.7 Å². The van der Waals surface area contributed by atoms with Crippen LogP contribution in [0.15, 0.2) is 23.2 Å². The Labute approximate surface area is 121 Å². The number of rotatable bonds is 1. The quantitative estimate of drug-likeness (QED) is 0.822. The van der Waals surface area contributed by atoms with E-state index in [1.807, 2.05) is 0 Å². The lowest BCUT2D eigenvalue weighted by atomic mass is 9.86. The maximum atomic E-state index is 13.7. The number of nitrogens with zero attached hydrogens (tertiary/aromatic N) is 1. The summed E-state index contributed by atoms with van der Waals surface area (Å²) in [5.41, 5.74) is 0.449. The van der Waals surface area contributed by atoms with Crippen LogP contribution in [0.2, 0.25) is 5.02 Å². The van der Waals surface area contributed by atoms with Crippen LogP contribution in [0.25, 0.3) is 0 Å². The number of amidine groups is 1. The molecule has 5 heteroatoms. The van der Waals surface area contributed by atoms with E-state index in [2.05, 4.69) is 5.32 Å². The third kappa shape index (κ3) is 3.06. The molecule has 2 aliphatic rings. The van der Waals surface area contributed by atoms with Crippen molar-refractivity contribution in [3.05, 3.63) is 29.0 Å². The number of benzene rings is 1. The number of thioether (sulfide) groups is 1. The van der Waals surface area contributed by atoms with Gasteiger partial charge in [-0.3, -0.25) is 4.99 Å². The Hall–Kier alpha value is -0.740. The number of hydrogen-bond acceptors (Lipinski definition) is 3. The monoisotopic (exact) mass is 298 g/mol. The van der Waals surface area contributed by atoms with Crippen molar-refractivity contribution in [2.75, 3.05) is 11.1 Å². The molecular formula is C14H16ClFN2S. The van der Waals surface area contributed by atoms with Crippen molar-refractivity contribution in [1.29, 1.82) is 0 Å². The van der Waals surface area contributed by atoms with Gasteiger partial charge >= 0.3 is 0 Å². The van der Waals surface area contributed by atoms with Crippen LogP contribution in [0, 0.1) is 11.7 Å². The lowest BCUT2D eigenvalue weighted by molar-refractivity contribution is 0.336. The van der Waals surface area contributed by atoms with E-state index < -0.39 is 0 Å². The zero-order valence-electron chi connectivity index (χ0n) is 10.5. The van der Waals surface area contributed by atoms with Gasteiger partial charge in [-0.05, 0) is 37.0 Å². The van der Waals surface area contributed by atoms with Gasteiger partial charge in [-0.2, -0.15) is 0 Å². The van der Waals surface area contributed by atoms with Gasteiger partial charge in [0.2, 0.25) is 0 Å². The number of hydrogen-bond donors (Lipinski definition) is 1. The Morgan fingerprint density at radius 3 is 3.00 bits per heavy atom. The van der Waals surface area contributed by atoms with Gasteiger partial charge in [0, 0.05) is 10.8 Å². The average molecular weight is 299 g/mol. The first-order valence-corrected chi connectivity index (χ1v) is 8.01. The summed E-state index contributed by atoms with van der Waals surface area (Å²) in [7, 11) is 0. The summed E-state index contributed by atoms with van der Waals surface area (Å²) in [5.74, 6) is 1.46. The van der Waals surface area contributed by atoms with E-state index in [-0.39, 0.29) is 5.82 Å². The highest BCUT2D eigenvalue weighted by Gasteiger charge is 2.29. The van der Waals surface area contributed by atoms with Gasteiger partial charge in [-0.1, -0.05) is 36.2 Å². The molecule has 0 spiro atoms. The van der Waals surface area contributed by atoms with Gasteiger partial charge in [0.15, 0.2) is 5.17 Å². The molecule has 2 unspecified atom stereocenters. The van der Waals surface area contributed by atoms with Crippen molar-refractivity contribution < 1.29 is 4.39 Å². The first kappa shape index (κ1) is 13.3. The maximum absolute atomic E-state index is 13.7. The Bertz CT molecular complexity index is 506. The van der Waals surface area contributed by atoms with E-state index in [0.717, 1.165) is 10.9 Å². The lowest BCUT2D eigenvalue weighted by Gasteiger charge is -2.32. The minimum atomic E-state index is -0.332. The van der Waals surface area contributed by atoms with Crippen LogP contribution < -0.4 is 5.32 Å². The molecular weight excluding hydrogens is 283 g/mol. The zero-order chi connectivity index (χ0) is 13.2.